The van der Waals surface area contributed by atoms with Gasteiger partial charge in [-0.3, -0.25) is 10.1 Å². The Morgan fingerprint density at radius 3 is 2.71 bits per heavy atom. The van der Waals surface area contributed by atoms with Crippen molar-refractivity contribution < 1.29 is 14.7 Å². The molecule has 2 amide bonds. The number of anilines is 1. The van der Waals surface area contributed by atoms with Crippen LogP contribution in [0.25, 0.3) is 0 Å². The van der Waals surface area contributed by atoms with Crippen molar-refractivity contribution in [3.63, 3.8) is 0 Å². The van der Waals surface area contributed by atoms with Gasteiger partial charge in [-0.2, -0.15) is 0 Å². The summed E-state index contributed by atoms with van der Waals surface area (Å²) in [7, 11) is 0. The van der Waals surface area contributed by atoms with Crippen LogP contribution in [0.2, 0.25) is 0 Å². The Bertz CT molecular complexity index is 517. The van der Waals surface area contributed by atoms with Gasteiger partial charge in [-0.15, -0.1) is 10.2 Å². The average Bonchev–Trinajstić information content (AvgIpc) is 2.87. The minimum Gasteiger partial charge on any atom is -0.481 e. The van der Waals surface area contributed by atoms with Gasteiger partial charge >= 0.3 is 12.0 Å². The van der Waals surface area contributed by atoms with Crippen molar-refractivity contribution in [3.8, 4) is 0 Å². The number of hydrogen-bond acceptors (Lipinski definition) is 5. The molecule has 1 aromatic heterocycles. The van der Waals surface area contributed by atoms with Crippen molar-refractivity contribution in [2.24, 2.45) is 17.3 Å². The first-order valence-electron chi connectivity index (χ1n) is 6.89. The zero-order valence-corrected chi connectivity index (χ0v) is 13.1. The quantitative estimate of drug-likeness (QED) is 0.793. The van der Waals surface area contributed by atoms with Crippen LogP contribution in [0.1, 0.15) is 33.6 Å². The Morgan fingerprint density at radius 2 is 2.14 bits per heavy atom. The summed E-state index contributed by atoms with van der Waals surface area (Å²) in [6.45, 7) is 5.89. The fourth-order valence-corrected chi connectivity index (χ4v) is 3.41. The fraction of sp³-hybridized carbons (Fsp3) is 0.692. The fourth-order valence-electron chi connectivity index (χ4n) is 2.97. The number of amides is 2. The highest BCUT2D eigenvalue weighted by Gasteiger charge is 2.46. The Hall–Kier alpha value is -1.70. The summed E-state index contributed by atoms with van der Waals surface area (Å²) in [6, 6.07) is -0.378. The first-order valence-corrected chi connectivity index (χ1v) is 7.77. The van der Waals surface area contributed by atoms with Gasteiger partial charge in [0.2, 0.25) is 5.13 Å². The van der Waals surface area contributed by atoms with E-state index in [1.807, 2.05) is 20.8 Å². The third kappa shape index (κ3) is 3.31. The topological polar surface area (TPSA) is 104 Å². The number of carboxylic acids is 1. The lowest BCUT2D eigenvalue weighted by atomic mass is 9.61. The van der Waals surface area contributed by atoms with Crippen molar-refractivity contribution >= 4 is 28.5 Å². The second-order valence-corrected chi connectivity index (χ2v) is 6.86. The monoisotopic (exact) mass is 312 g/mol. The molecule has 8 heteroatoms. The molecule has 1 saturated carbocycles. The maximum atomic E-state index is 12.0. The minimum absolute atomic E-state index is 0.0523. The number of nitrogens with one attached hydrogen (secondary N) is 2. The molecule has 0 aliphatic heterocycles. The molecule has 7 nitrogen and oxygen atoms in total. The van der Waals surface area contributed by atoms with Gasteiger partial charge in [-0.05, 0) is 24.2 Å². The lowest BCUT2D eigenvalue weighted by Gasteiger charge is -2.46. The molecule has 3 N–H and O–H groups in total. The third-order valence-corrected chi connectivity index (χ3v) is 5.24. The maximum Gasteiger partial charge on any atom is 0.321 e. The van der Waals surface area contributed by atoms with E-state index in [0.29, 0.717) is 18.0 Å². The van der Waals surface area contributed by atoms with Crippen LogP contribution in [0.15, 0.2) is 5.51 Å². The molecule has 1 heterocycles. The van der Waals surface area contributed by atoms with Crippen LogP contribution in [0, 0.1) is 17.3 Å². The van der Waals surface area contributed by atoms with Gasteiger partial charge in [0.25, 0.3) is 0 Å². The molecule has 0 aromatic carbocycles. The Labute approximate surface area is 127 Å². The summed E-state index contributed by atoms with van der Waals surface area (Å²) < 4.78 is 0. The largest absolute Gasteiger partial charge is 0.481 e. The van der Waals surface area contributed by atoms with Gasteiger partial charge in [0.1, 0.15) is 5.51 Å². The summed E-state index contributed by atoms with van der Waals surface area (Å²) in [6.07, 6.45) is 1.22. The van der Waals surface area contributed by atoms with Crippen LogP contribution in [0.3, 0.4) is 0 Å². The number of nitrogens with zero attached hydrogens (tertiary/aromatic N) is 2. The van der Waals surface area contributed by atoms with Gasteiger partial charge in [0.05, 0.1) is 5.92 Å². The average molecular weight is 312 g/mol. The SMILES string of the molecule is CC1C(NC(=O)Nc2nncs2)CCC(C(=O)O)C1(C)C. The zero-order chi connectivity index (χ0) is 15.6. The lowest BCUT2D eigenvalue weighted by molar-refractivity contribution is -0.150. The number of aliphatic carboxylic acids is 1. The van der Waals surface area contributed by atoms with Crippen molar-refractivity contribution in [2.75, 3.05) is 5.32 Å². The standard InChI is InChI=1S/C13H20N4O3S/c1-7-9(5-4-8(10(18)19)13(7,2)3)15-11(20)16-12-17-14-6-21-12/h6-9H,4-5H2,1-3H3,(H,18,19)(H2,15,16,17,20). The molecule has 2 rings (SSSR count). The van der Waals surface area contributed by atoms with Crippen LogP contribution in [0.4, 0.5) is 9.93 Å². The molecule has 3 unspecified atom stereocenters. The van der Waals surface area contributed by atoms with E-state index in [0.717, 1.165) is 0 Å². The normalized spacial score (nSPS) is 27.9. The van der Waals surface area contributed by atoms with Crippen LogP contribution in [-0.4, -0.2) is 33.3 Å². The zero-order valence-electron chi connectivity index (χ0n) is 12.3. The lowest BCUT2D eigenvalue weighted by Crippen LogP contribution is -2.53. The molecule has 0 saturated heterocycles. The first kappa shape index (κ1) is 15.7. The van der Waals surface area contributed by atoms with Gasteiger partial charge in [0, 0.05) is 6.04 Å². The van der Waals surface area contributed by atoms with Crippen molar-refractivity contribution in [1.82, 2.24) is 15.5 Å². The first-order chi connectivity index (χ1) is 9.82. The molecule has 3 atom stereocenters. The summed E-state index contributed by atoms with van der Waals surface area (Å²) in [5.41, 5.74) is 1.17. The number of urea groups is 1. The number of aromatic nitrogens is 2. The number of carboxylic acid groups (broad SMARTS) is 1. The summed E-state index contributed by atoms with van der Waals surface area (Å²) >= 11 is 1.25. The van der Waals surface area contributed by atoms with E-state index in [-0.39, 0.29) is 29.3 Å². The minimum atomic E-state index is -0.761. The molecule has 1 aromatic rings. The van der Waals surface area contributed by atoms with E-state index in [1.165, 1.54) is 11.3 Å². The summed E-state index contributed by atoms with van der Waals surface area (Å²) in [4.78, 5) is 23.3. The molecular weight excluding hydrogens is 292 g/mol. The highest BCUT2D eigenvalue weighted by molar-refractivity contribution is 7.13. The summed E-state index contributed by atoms with van der Waals surface area (Å²) in [5.74, 6) is -1.08. The number of rotatable bonds is 3. The van der Waals surface area contributed by atoms with E-state index in [2.05, 4.69) is 20.8 Å². The molecule has 116 valence electrons. The molecule has 0 bridgehead atoms. The van der Waals surface area contributed by atoms with E-state index in [1.54, 1.807) is 5.51 Å². The Morgan fingerprint density at radius 1 is 1.43 bits per heavy atom. The Balaban J connectivity index is 1.98. The number of hydrogen-bond donors (Lipinski definition) is 3. The van der Waals surface area contributed by atoms with E-state index < -0.39 is 5.97 Å². The highest BCUT2D eigenvalue weighted by Crippen LogP contribution is 2.45. The molecule has 1 aliphatic carbocycles. The maximum absolute atomic E-state index is 12.0. The number of carbonyl (C=O) groups is 2. The van der Waals surface area contributed by atoms with Crippen LogP contribution in [-0.2, 0) is 4.79 Å². The second-order valence-electron chi connectivity index (χ2n) is 6.03. The molecule has 1 aliphatic rings. The number of carbonyl (C=O) groups excluding carboxylic acids is 1. The predicted molar refractivity (Wildman–Crippen MR) is 79.2 cm³/mol. The van der Waals surface area contributed by atoms with Gasteiger partial charge in [-0.1, -0.05) is 32.1 Å². The predicted octanol–water partition coefficient (Wildman–Crippen LogP) is 2.19. The van der Waals surface area contributed by atoms with E-state index in [9.17, 15) is 14.7 Å². The van der Waals surface area contributed by atoms with Crippen molar-refractivity contribution in [1.29, 1.82) is 0 Å². The van der Waals surface area contributed by atoms with Crippen molar-refractivity contribution in [2.45, 2.75) is 39.7 Å². The van der Waals surface area contributed by atoms with E-state index >= 15 is 0 Å². The molecule has 0 radical (unpaired) electrons. The molecule has 21 heavy (non-hydrogen) atoms. The molecule has 1 fully saturated rings. The molecular formula is C13H20N4O3S. The Kier molecular flexibility index (Phi) is 4.46. The van der Waals surface area contributed by atoms with E-state index in [4.69, 9.17) is 0 Å². The van der Waals surface area contributed by atoms with Gasteiger partial charge < -0.3 is 10.4 Å². The second kappa shape index (κ2) is 5.97. The highest BCUT2D eigenvalue weighted by atomic mass is 32.1. The summed E-state index contributed by atoms with van der Waals surface area (Å²) in [5, 5.41) is 22.7. The van der Waals surface area contributed by atoms with Crippen LogP contribution < -0.4 is 10.6 Å². The molecule has 0 spiro atoms. The van der Waals surface area contributed by atoms with Crippen LogP contribution in [0.5, 0.6) is 0 Å². The van der Waals surface area contributed by atoms with Crippen molar-refractivity contribution in [3.05, 3.63) is 5.51 Å². The van der Waals surface area contributed by atoms with Gasteiger partial charge in [-0.25, -0.2) is 4.79 Å². The third-order valence-electron chi connectivity index (χ3n) is 4.64. The smallest absolute Gasteiger partial charge is 0.321 e. The van der Waals surface area contributed by atoms with Crippen LogP contribution >= 0.6 is 11.3 Å². The van der Waals surface area contributed by atoms with Gasteiger partial charge in [0.15, 0.2) is 0 Å².